The molecule has 0 heterocycles. The molecule has 0 atom stereocenters. The van der Waals surface area contributed by atoms with E-state index in [9.17, 15) is 0 Å². The molecule has 0 bridgehead atoms. The van der Waals surface area contributed by atoms with E-state index in [1.54, 1.807) is 19.2 Å². The van der Waals surface area contributed by atoms with Gasteiger partial charge in [-0.2, -0.15) is 0 Å². The molecule has 3 aromatic carbocycles. The normalized spacial score (nSPS) is 10.5. The van der Waals surface area contributed by atoms with E-state index in [2.05, 4.69) is 17.4 Å². The van der Waals surface area contributed by atoms with Crippen molar-refractivity contribution in [2.75, 3.05) is 20.3 Å². The van der Waals surface area contributed by atoms with Gasteiger partial charge >= 0.3 is 0 Å². The standard InChI is InChI=1S/C25H26Cl3NO3.ClH/c1-3-31-24-13-18(15-29-11-10-17-4-8-21(30-2)9-5-17)12-23(28)25(24)32-16-19-6-7-20(26)14-22(19)27;/h4-9,12-14,29H,3,10-11,15-16H2,1-2H3;1H. The molecule has 0 saturated heterocycles. The highest BCUT2D eigenvalue weighted by Gasteiger charge is 2.14. The SMILES string of the molecule is CCOc1cc(CNCCc2ccc(OC)cc2)cc(Cl)c1OCc1ccc(Cl)cc1Cl.Cl. The van der Waals surface area contributed by atoms with E-state index in [4.69, 9.17) is 49.0 Å². The highest BCUT2D eigenvalue weighted by Crippen LogP contribution is 2.37. The molecule has 0 radical (unpaired) electrons. The Morgan fingerprint density at radius 3 is 2.27 bits per heavy atom. The van der Waals surface area contributed by atoms with Crippen LogP contribution in [0.3, 0.4) is 0 Å². The van der Waals surface area contributed by atoms with E-state index in [-0.39, 0.29) is 19.0 Å². The first-order valence-corrected chi connectivity index (χ1v) is 11.5. The van der Waals surface area contributed by atoms with Crippen molar-refractivity contribution in [3.05, 3.63) is 86.4 Å². The van der Waals surface area contributed by atoms with E-state index in [0.29, 0.717) is 39.7 Å². The van der Waals surface area contributed by atoms with Crippen LogP contribution >= 0.6 is 47.2 Å². The summed E-state index contributed by atoms with van der Waals surface area (Å²) >= 11 is 18.8. The van der Waals surface area contributed by atoms with E-state index < -0.39 is 0 Å². The highest BCUT2D eigenvalue weighted by atomic mass is 35.5. The van der Waals surface area contributed by atoms with Crippen molar-refractivity contribution in [3.8, 4) is 17.2 Å². The summed E-state index contributed by atoms with van der Waals surface area (Å²) in [5.74, 6) is 1.97. The molecule has 0 amide bonds. The molecule has 3 aromatic rings. The number of rotatable bonds is 11. The molecule has 33 heavy (non-hydrogen) atoms. The van der Waals surface area contributed by atoms with Gasteiger partial charge in [0.05, 0.1) is 18.7 Å². The minimum absolute atomic E-state index is 0. The molecule has 4 nitrogen and oxygen atoms in total. The quantitative estimate of drug-likeness (QED) is 0.262. The maximum absolute atomic E-state index is 6.54. The third-order valence-electron chi connectivity index (χ3n) is 4.83. The van der Waals surface area contributed by atoms with Gasteiger partial charge in [-0.25, -0.2) is 0 Å². The molecule has 0 aliphatic rings. The molecular weight excluding hydrogens is 504 g/mol. The first kappa shape index (κ1) is 27.4. The Kier molecular flexibility index (Phi) is 11.5. The number of halogens is 4. The lowest BCUT2D eigenvalue weighted by atomic mass is 10.1. The van der Waals surface area contributed by atoms with Crippen molar-refractivity contribution >= 4 is 47.2 Å². The molecule has 3 rings (SSSR count). The van der Waals surface area contributed by atoms with Crippen LogP contribution in [-0.4, -0.2) is 20.3 Å². The topological polar surface area (TPSA) is 39.7 Å². The zero-order valence-electron chi connectivity index (χ0n) is 18.5. The monoisotopic (exact) mass is 529 g/mol. The van der Waals surface area contributed by atoms with Crippen molar-refractivity contribution in [3.63, 3.8) is 0 Å². The Balaban J connectivity index is 0.00000385. The lowest BCUT2D eigenvalue weighted by Crippen LogP contribution is -2.17. The van der Waals surface area contributed by atoms with Crippen LogP contribution < -0.4 is 19.5 Å². The fourth-order valence-corrected chi connectivity index (χ4v) is 3.92. The fourth-order valence-electron chi connectivity index (χ4n) is 3.17. The summed E-state index contributed by atoms with van der Waals surface area (Å²) in [6.07, 6.45) is 0.916. The second kappa shape index (κ2) is 13.8. The van der Waals surface area contributed by atoms with E-state index in [0.717, 1.165) is 29.8 Å². The third-order valence-corrected chi connectivity index (χ3v) is 5.70. The third kappa shape index (κ3) is 8.16. The minimum atomic E-state index is 0. The Hall–Kier alpha value is -1.82. The average Bonchev–Trinajstić information content (AvgIpc) is 2.78. The fraction of sp³-hybridized carbons (Fsp3) is 0.280. The predicted octanol–water partition coefficient (Wildman–Crippen LogP) is 7.39. The van der Waals surface area contributed by atoms with Crippen LogP contribution in [0.15, 0.2) is 54.6 Å². The largest absolute Gasteiger partial charge is 0.497 e. The Labute approximate surface area is 216 Å². The molecule has 178 valence electrons. The van der Waals surface area contributed by atoms with Crippen LogP contribution in [0.4, 0.5) is 0 Å². The summed E-state index contributed by atoms with van der Waals surface area (Å²) in [6.45, 7) is 4.19. The van der Waals surface area contributed by atoms with Crippen LogP contribution in [0, 0.1) is 0 Å². The number of benzene rings is 3. The number of ether oxygens (including phenoxy) is 3. The summed E-state index contributed by atoms with van der Waals surface area (Å²) in [5, 5.41) is 5.07. The molecule has 1 N–H and O–H groups in total. The van der Waals surface area contributed by atoms with E-state index >= 15 is 0 Å². The summed E-state index contributed by atoms with van der Waals surface area (Å²) < 4.78 is 17.0. The van der Waals surface area contributed by atoms with Gasteiger partial charge in [-0.3, -0.25) is 0 Å². The van der Waals surface area contributed by atoms with Gasteiger partial charge in [0.2, 0.25) is 0 Å². The number of nitrogens with one attached hydrogen (secondary N) is 1. The summed E-state index contributed by atoms with van der Waals surface area (Å²) in [7, 11) is 1.67. The lowest BCUT2D eigenvalue weighted by molar-refractivity contribution is 0.269. The maximum Gasteiger partial charge on any atom is 0.180 e. The second-order valence-electron chi connectivity index (χ2n) is 7.14. The van der Waals surface area contributed by atoms with Crippen LogP contribution in [0.5, 0.6) is 17.2 Å². The highest BCUT2D eigenvalue weighted by molar-refractivity contribution is 6.35. The van der Waals surface area contributed by atoms with Crippen molar-refractivity contribution in [2.45, 2.75) is 26.5 Å². The average molecular weight is 531 g/mol. The molecule has 8 heteroatoms. The van der Waals surface area contributed by atoms with Crippen LogP contribution in [0.25, 0.3) is 0 Å². The van der Waals surface area contributed by atoms with Gasteiger partial charge in [-0.15, -0.1) is 12.4 Å². The molecule has 0 spiro atoms. The Morgan fingerprint density at radius 1 is 0.848 bits per heavy atom. The summed E-state index contributed by atoms with van der Waals surface area (Å²) in [6, 6.07) is 17.2. The maximum atomic E-state index is 6.54. The van der Waals surface area contributed by atoms with Gasteiger partial charge in [-0.05, 0) is 67.4 Å². The predicted molar refractivity (Wildman–Crippen MR) is 139 cm³/mol. The van der Waals surface area contributed by atoms with Gasteiger partial charge in [0.25, 0.3) is 0 Å². The van der Waals surface area contributed by atoms with Gasteiger partial charge in [0, 0.05) is 22.2 Å². The Morgan fingerprint density at radius 2 is 1.61 bits per heavy atom. The van der Waals surface area contributed by atoms with Crippen molar-refractivity contribution in [2.24, 2.45) is 0 Å². The second-order valence-corrected chi connectivity index (χ2v) is 8.39. The number of methoxy groups -OCH3 is 1. The number of hydrogen-bond donors (Lipinski definition) is 1. The summed E-state index contributed by atoms with van der Waals surface area (Å²) in [5.41, 5.74) is 3.08. The first-order valence-electron chi connectivity index (χ1n) is 10.4. The van der Waals surface area contributed by atoms with Gasteiger partial charge in [-0.1, -0.05) is 53.0 Å². The van der Waals surface area contributed by atoms with Crippen LogP contribution in [0.1, 0.15) is 23.6 Å². The van der Waals surface area contributed by atoms with Crippen molar-refractivity contribution in [1.82, 2.24) is 5.32 Å². The molecule has 0 fully saturated rings. The minimum Gasteiger partial charge on any atom is -0.497 e. The van der Waals surface area contributed by atoms with Crippen molar-refractivity contribution in [1.29, 1.82) is 0 Å². The molecule has 0 saturated carbocycles. The molecule has 0 aliphatic carbocycles. The van der Waals surface area contributed by atoms with E-state index in [1.165, 1.54) is 5.56 Å². The molecule has 0 aliphatic heterocycles. The zero-order valence-corrected chi connectivity index (χ0v) is 21.6. The first-order chi connectivity index (χ1) is 15.5. The van der Waals surface area contributed by atoms with Gasteiger partial charge in [0.15, 0.2) is 11.5 Å². The van der Waals surface area contributed by atoms with Gasteiger partial charge in [0.1, 0.15) is 12.4 Å². The van der Waals surface area contributed by atoms with Crippen LogP contribution in [-0.2, 0) is 19.6 Å². The molecule has 0 unspecified atom stereocenters. The van der Waals surface area contributed by atoms with E-state index in [1.807, 2.05) is 37.3 Å². The van der Waals surface area contributed by atoms with Crippen molar-refractivity contribution < 1.29 is 14.2 Å². The molecular formula is C25H27Cl4NO3. The van der Waals surface area contributed by atoms with Crippen LogP contribution in [0.2, 0.25) is 15.1 Å². The lowest BCUT2D eigenvalue weighted by Gasteiger charge is -2.16. The smallest absolute Gasteiger partial charge is 0.180 e. The van der Waals surface area contributed by atoms with Gasteiger partial charge < -0.3 is 19.5 Å². The summed E-state index contributed by atoms with van der Waals surface area (Å²) in [4.78, 5) is 0. The molecule has 0 aromatic heterocycles. The zero-order chi connectivity index (χ0) is 22.9. The number of hydrogen-bond acceptors (Lipinski definition) is 4. The Bertz CT molecular complexity index is 1030.